The van der Waals surface area contributed by atoms with E-state index in [1.165, 1.54) is 0 Å². The van der Waals surface area contributed by atoms with Gasteiger partial charge in [0.2, 0.25) is 0 Å². The second-order valence-corrected chi connectivity index (χ2v) is 5.51. The SMILES string of the molecule is CCN(CC)CCCNC(=O)c1cc(Br)ccc1C. The van der Waals surface area contributed by atoms with Gasteiger partial charge in [-0.15, -0.1) is 0 Å². The first kappa shape index (κ1) is 16.2. The van der Waals surface area contributed by atoms with E-state index in [1.807, 2.05) is 25.1 Å². The quantitative estimate of drug-likeness (QED) is 0.780. The fraction of sp³-hybridized carbons (Fsp3) is 0.533. The summed E-state index contributed by atoms with van der Waals surface area (Å²) >= 11 is 3.40. The van der Waals surface area contributed by atoms with Gasteiger partial charge in [0.25, 0.3) is 5.91 Å². The molecule has 0 aliphatic carbocycles. The Morgan fingerprint density at radius 2 is 2.00 bits per heavy atom. The number of hydrogen-bond donors (Lipinski definition) is 1. The Morgan fingerprint density at radius 3 is 2.63 bits per heavy atom. The van der Waals surface area contributed by atoms with Crippen molar-refractivity contribution in [2.24, 2.45) is 0 Å². The molecule has 0 atom stereocenters. The summed E-state index contributed by atoms with van der Waals surface area (Å²) in [6.07, 6.45) is 0.987. The Hall–Kier alpha value is -0.870. The summed E-state index contributed by atoms with van der Waals surface area (Å²) < 4.78 is 0.936. The Balaban J connectivity index is 2.41. The first-order valence-electron chi connectivity index (χ1n) is 6.85. The van der Waals surface area contributed by atoms with Crippen LogP contribution in [0.2, 0.25) is 0 Å². The van der Waals surface area contributed by atoms with Gasteiger partial charge in [0.05, 0.1) is 0 Å². The minimum Gasteiger partial charge on any atom is -0.352 e. The summed E-state index contributed by atoms with van der Waals surface area (Å²) in [5, 5.41) is 2.98. The molecule has 0 fully saturated rings. The standard InChI is InChI=1S/C15H23BrN2O/c1-4-18(5-2)10-6-9-17-15(19)14-11-13(16)8-7-12(14)3/h7-8,11H,4-6,9-10H2,1-3H3,(H,17,19). The van der Waals surface area contributed by atoms with E-state index in [1.54, 1.807) is 0 Å². The maximum atomic E-state index is 12.1. The fourth-order valence-electron chi connectivity index (χ4n) is 1.98. The lowest BCUT2D eigenvalue weighted by Gasteiger charge is -2.17. The van der Waals surface area contributed by atoms with Crippen molar-refractivity contribution >= 4 is 21.8 Å². The number of carbonyl (C=O) groups is 1. The van der Waals surface area contributed by atoms with Crippen LogP contribution in [-0.2, 0) is 0 Å². The van der Waals surface area contributed by atoms with Gasteiger partial charge in [-0.2, -0.15) is 0 Å². The summed E-state index contributed by atoms with van der Waals surface area (Å²) in [6, 6.07) is 5.77. The van der Waals surface area contributed by atoms with Gasteiger partial charge < -0.3 is 10.2 Å². The van der Waals surface area contributed by atoms with Crippen LogP contribution in [0.1, 0.15) is 36.2 Å². The molecule has 106 valence electrons. The molecule has 0 unspecified atom stereocenters. The zero-order valence-electron chi connectivity index (χ0n) is 12.0. The Bertz CT molecular complexity index is 417. The minimum absolute atomic E-state index is 0.0124. The third-order valence-electron chi connectivity index (χ3n) is 3.28. The smallest absolute Gasteiger partial charge is 0.251 e. The van der Waals surface area contributed by atoms with E-state index in [2.05, 4.69) is 40.0 Å². The number of rotatable bonds is 7. The molecule has 4 heteroatoms. The molecule has 0 spiro atoms. The van der Waals surface area contributed by atoms with Crippen molar-refractivity contribution in [1.29, 1.82) is 0 Å². The van der Waals surface area contributed by atoms with Crippen molar-refractivity contribution in [3.8, 4) is 0 Å². The van der Waals surface area contributed by atoms with Crippen LogP contribution >= 0.6 is 15.9 Å². The van der Waals surface area contributed by atoms with Crippen LogP contribution in [0.5, 0.6) is 0 Å². The van der Waals surface area contributed by atoms with Crippen molar-refractivity contribution in [1.82, 2.24) is 10.2 Å². The van der Waals surface area contributed by atoms with E-state index in [4.69, 9.17) is 0 Å². The Kier molecular flexibility index (Phi) is 7.10. The molecule has 1 aromatic rings. The average molecular weight is 327 g/mol. The van der Waals surface area contributed by atoms with Gasteiger partial charge in [-0.3, -0.25) is 4.79 Å². The molecule has 0 aliphatic rings. The first-order valence-corrected chi connectivity index (χ1v) is 7.64. The maximum absolute atomic E-state index is 12.1. The molecular formula is C15H23BrN2O. The molecule has 1 amide bonds. The second kappa shape index (κ2) is 8.33. The summed E-state index contributed by atoms with van der Waals surface area (Å²) in [4.78, 5) is 14.4. The predicted octanol–water partition coefficient (Wildman–Crippen LogP) is 3.22. The zero-order valence-corrected chi connectivity index (χ0v) is 13.6. The van der Waals surface area contributed by atoms with Crippen LogP contribution in [0.3, 0.4) is 0 Å². The monoisotopic (exact) mass is 326 g/mol. The van der Waals surface area contributed by atoms with Crippen molar-refractivity contribution in [2.75, 3.05) is 26.2 Å². The van der Waals surface area contributed by atoms with Crippen molar-refractivity contribution in [3.05, 3.63) is 33.8 Å². The number of benzene rings is 1. The van der Waals surface area contributed by atoms with Crippen LogP contribution in [0, 0.1) is 6.92 Å². The van der Waals surface area contributed by atoms with E-state index < -0.39 is 0 Å². The minimum atomic E-state index is 0.0124. The Morgan fingerprint density at radius 1 is 1.32 bits per heavy atom. The van der Waals surface area contributed by atoms with Crippen LogP contribution in [-0.4, -0.2) is 37.0 Å². The third kappa shape index (κ3) is 5.33. The highest BCUT2D eigenvalue weighted by atomic mass is 79.9. The molecule has 0 saturated carbocycles. The molecule has 19 heavy (non-hydrogen) atoms. The molecule has 1 aromatic carbocycles. The Labute approximate surface area is 124 Å². The molecule has 3 nitrogen and oxygen atoms in total. The lowest BCUT2D eigenvalue weighted by molar-refractivity contribution is 0.0951. The molecule has 0 heterocycles. The second-order valence-electron chi connectivity index (χ2n) is 4.60. The molecule has 1 N–H and O–H groups in total. The molecule has 0 saturated heterocycles. The zero-order chi connectivity index (χ0) is 14.3. The number of nitrogens with zero attached hydrogens (tertiary/aromatic N) is 1. The number of amides is 1. The summed E-state index contributed by atoms with van der Waals surface area (Å²) in [7, 11) is 0. The summed E-state index contributed by atoms with van der Waals surface area (Å²) in [5.74, 6) is 0.0124. The van der Waals surface area contributed by atoms with Crippen molar-refractivity contribution < 1.29 is 4.79 Å². The van der Waals surface area contributed by atoms with E-state index in [0.717, 1.165) is 48.2 Å². The van der Waals surface area contributed by atoms with Crippen LogP contribution in [0.15, 0.2) is 22.7 Å². The maximum Gasteiger partial charge on any atom is 0.251 e. The molecule has 0 aromatic heterocycles. The number of halogens is 1. The molecule has 1 rings (SSSR count). The third-order valence-corrected chi connectivity index (χ3v) is 3.77. The van der Waals surface area contributed by atoms with E-state index in [0.29, 0.717) is 0 Å². The molecule has 0 aliphatic heterocycles. The van der Waals surface area contributed by atoms with Gasteiger partial charge in [-0.05, 0) is 50.7 Å². The van der Waals surface area contributed by atoms with E-state index in [9.17, 15) is 4.79 Å². The van der Waals surface area contributed by atoms with Gasteiger partial charge in [0.1, 0.15) is 0 Å². The lowest BCUT2D eigenvalue weighted by Crippen LogP contribution is -2.30. The summed E-state index contributed by atoms with van der Waals surface area (Å²) in [5.41, 5.74) is 1.75. The topological polar surface area (TPSA) is 32.3 Å². The van der Waals surface area contributed by atoms with Crippen molar-refractivity contribution in [2.45, 2.75) is 27.2 Å². The van der Waals surface area contributed by atoms with Gasteiger partial charge in [-0.1, -0.05) is 35.8 Å². The number of nitrogens with one attached hydrogen (secondary N) is 1. The van der Waals surface area contributed by atoms with Crippen LogP contribution in [0.25, 0.3) is 0 Å². The molecule has 0 radical (unpaired) electrons. The fourth-order valence-corrected chi connectivity index (χ4v) is 2.34. The number of aryl methyl sites for hydroxylation is 1. The highest BCUT2D eigenvalue weighted by Gasteiger charge is 2.08. The summed E-state index contributed by atoms with van der Waals surface area (Å²) in [6.45, 7) is 10.2. The van der Waals surface area contributed by atoms with Crippen LogP contribution in [0.4, 0.5) is 0 Å². The van der Waals surface area contributed by atoms with Crippen LogP contribution < -0.4 is 5.32 Å². The van der Waals surface area contributed by atoms with Gasteiger partial charge in [0, 0.05) is 16.6 Å². The largest absolute Gasteiger partial charge is 0.352 e. The number of hydrogen-bond acceptors (Lipinski definition) is 2. The first-order chi connectivity index (χ1) is 9.08. The normalized spacial score (nSPS) is 10.8. The van der Waals surface area contributed by atoms with Gasteiger partial charge >= 0.3 is 0 Å². The molecule has 0 bridgehead atoms. The van der Waals surface area contributed by atoms with Gasteiger partial charge in [0.15, 0.2) is 0 Å². The highest BCUT2D eigenvalue weighted by molar-refractivity contribution is 9.10. The molecular weight excluding hydrogens is 304 g/mol. The highest BCUT2D eigenvalue weighted by Crippen LogP contribution is 2.15. The lowest BCUT2D eigenvalue weighted by atomic mass is 10.1. The van der Waals surface area contributed by atoms with Gasteiger partial charge in [-0.25, -0.2) is 0 Å². The average Bonchev–Trinajstić information content (AvgIpc) is 2.41. The van der Waals surface area contributed by atoms with E-state index in [-0.39, 0.29) is 5.91 Å². The number of carbonyl (C=O) groups excluding carboxylic acids is 1. The predicted molar refractivity (Wildman–Crippen MR) is 83.6 cm³/mol. The van der Waals surface area contributed by atoms with E-state index >= 15 is 0 Å². The van der Waals surface area contributed by atoms with Crippen molar-refractivity contribution in [3.63, 3.8) is 0 Å².